The first kappa shape index (κ1) is 16.4. The summed E-state index contributed by atoms with van der Waals surface area (Å²) in [6.45, 7) is 5.25. The predicted molar refractivity (Wildman–Crippen MR) is 88.2 cm³/mol. The number of nitro groups is 1. The van der Waals surface area contributed by atoms with Gasteiger partial charge in [-0.1, -0.05) is 38.8 Å². The van der Waals surface area contributed by atoms with E-state index in [1.54, 1.807) is 6.07 Å². The Morgan fingerprint density at radius 3 is 2.76 bits per heavy atom. The second kappa shape index (κ2) is 7.36. The van der Waals surface area contributed by atoms with Crippen LogP contribution in [0.4, 0.5) is 5.69 Å². The molecule has 1 saturated carbocycles. The molecule has 4 nitrogen and oxygen atoms in total. The van der Waals surface area contributed by atoms with Crippen molar-refractivity contribution in [1.29, 1.82) is 0 Å². The van der Waals surface area contributed by atoms with Crippen LogP contribution in [0.3, 0.4) is 0 Å². The van der Waals surface area contributed by atoms with Gasteiger partial charge in [0.1, 0.15) is 0 Å². The first-order valence-electron chi connectivity index (χ1n) is 7.66. The monoisotopic (exact) mass is 354 g/mol. The van der Waals surface area contributed by atoms with Gasteiger partial charge in [0, 0.05) is 18.7 Å². The highest BCUT2D eigenvalue weighted by atomic mass is 79.9. The molecule has 1 aromatic carbocycles. The van der Waals surface area contributed by atoms with E-state index in [0.29, 0.717) is 28.9 Å². The van der Waals surface area contributed by atoms with Crippen molar-refractivity contribution in [3.05, 3.63) is 38.3 Å². The van der Waals surface area contributed by atoms with Gasteiger partial charge >= 0.3 is 0 Å². The fourth-order valence-corrected chi connectivity index (χ4v) is 3.85. The number of nitrogens with one attached hydrogen (secondary N) is 1. The number of hydrogen-bond donors (Lipinski definition) is 1. The fraction of sp³-hybridized carbons (Fsp3) is 0.625. The van der Waals surface area contributed by atoms with Gasteiger partial charge in [-0.3, -0.25) is 10.1 Å². The van der Waals surface area contributed by atoms with E-state index in [2.05, 4.69) is 35.1 Å². The van der Waals surface area contributed by atoms with Crippen molar-refractivity contribution in [3.8, 4) is 0 Å². The summed E-state index contributed by atoms with van der Waals surface area (Å²) in [6.07, 6.45) is 5.08. The van der Waals surface area contributed by atoms with E-state index in [1.165, 1.54) is 31.7 Å². The van der Waals surface area contributed by atoms with Crippen LogP contribution in [0.25, 0.3) is 0 Å². The van der Waals surface area contributed by atoms with Crippen LogP contribution < -0.4 is 5.32 Å². The topological polar surface area (TPSA) is 55.2 Å². The number of nitrogens with zero attached hydrogens (tertiary/aromatic N) is 1. The summed E-state index contributed by atoms with van der Waals surface area (Å²) in [4.78, 5) is 10.6. The molecule has 2 rings (SSSR count). The predicted octanol–water partition coefficient (Wildman–Crippen LogP) is 4.66. The molecule has 0 heterocycles. The minimum absolute atomic E-state index is 0.137. The van der Waals surface area contributed by atoms with Crippen molar-refractivity contribution in [2.75, 3.05) is 0 Å². The lowest BCUT2D eigenvalue weighted by molar-refractivity contribution is -0.385. The summed E-state index contributed by atoms with van der Waals surface area (Å²) < 4.78 is 0.597. The Kier molecular flexibility index (Phi) is 5.76. The van der Waals surface area contributed by atoms with E-state index < -0.39 is 0 Å². The van der Waals surface area contributed by atoms with Gasteiger partial charge in [0.25, 0.3) is 5.69 Å². The van der Waals surface area contributed by atoms with Gasteiger partial charge in [0.15, 0.2) is 0 Å². The lowest BCUT2D eigenvalue weighted by atomic mass is 9.78. The molecule has 0 aliphatic heterocycles. The molecule has 1 aromatic rings. The third-order valence-electron chi connectivity index (χ3n) is 4.49. The van der Waals surface area contributed by atoms with Crippen LogP contribution in [0.5, 0.6) is 0 Å². The highest BCUT2D eigenvalue weighted by Gasteiger charge is 2.27. The van der Waals surface area contributed by atoms with Gasteiger partial charge in [-0.25, -0.2) is 0 Å². The van der Waals surface area contributed by atoms with Crippen molar-refractivity contribution in [3.63, 3.8) is 0 Å². The molecule has 0 aromatic heterocycles. The summed E-state index contributed by atoms with van der Waals surface area (Å²) in [5.41, 5.74) is 1.09. The lowest BCUT2D eigenvalue weighted by Crippen LogP contribution is -2.40. The van der Waals surface area contributed by atoms with Gasteiger partial charge in [0.05, 0.1) is 9.40 Å². The third kappa shape index (κ3) is 4.04. The van der Waals surface area contributed by atoms with Crippen LogP contribution in [-0.4, -0.2) is 11.0 Å². The second-order valence-electron chi connectivity index (χ2n) is 6.19. The summed E-state index contributed by atoms with van der Waals surface area (Å²) in [6, 6.07) is 5.74. The van der Waals surface area contributed by atoms with Crippen LogP contribution in [-0.2, 0) is 6.54 Å². The van der Waals surface area contributed by atoms with Crippen molar-refractivity contribution in [2.45, 2.75) is 52.1 Å². The van der Waals surface area contributed by atoms with Crippen LogP contribution >= 0.6 is 15.9 Å². The number of halogens is 1. The molecule has 1 N–H and O–H groups in total. The van der Waals surface area contributed by atoms with Crippen LogP contribution in [0.15, 0.2) is 22.7 Å². The van der Waals surface area contributed by atoms with E-state index in [9.17, 15) is 10.1 Å². The minimum atomic E-state index is -0.342. The zero-order valence-electron chi connectivity index (χ0n) is 12.6. The fourth-order valence-electron chi connectivity index (χ4n) is 3.30. The molecule has 0 radical (unpaired) electrons. The number of hydrogen-bond acceptors (Lipinski definition) is 3. The van der Waals surface area contributed by atoms with Gasteiger partial charge in [-0.05, 0) is 46.2 Å². The Hall–Kier alpha value is -0.940. The zero-order chi connectivity index (χ0) is 15.4. The second-order valence-corrected chi connectivity index (χ2v) is 6.98. The normalized spacial score (nSPS) is 22.5. The molecule has 2 atom stereocenters. The standard InChI is InChI=1S/C16H23BrN2O2/c1-11(2)13-7-3-4-8-14(13)18-10-12-6-5-9-15(16(12)17)19(20)21/h5-6,9,11,13-14,18H,3-4,7-8,10H2,1-2H3. The number of benzene rings is 1. The van der Waals surface area contributed by atoms with Crippen molar-refractivity contribution >= 4 is 21.6 Å². The Bertz CT molecular complexity index is 505. The summed E-state index contributed by atoms with van der Waals surface area (Å²) in [5.74, 6) is 1.38. The van der Waals surface area contributed by atoms with Crippen molar-refractivity contribution < 1.29 is 4.92 Å². The smallest absolute Gasteiger partial charge is 0.283 e. The van der Waals surface area contributed by atoms with Crippen LogP contribution in [0.2, 0.25) is 0 Å². The summed E-state index contributed by atoms with van der Waals surface area (Å²) >= 11 is 3.37. The quantitative estimate of drug-likeness (QED) is 0.617. The van der Waals surface area contributed by atoms with Gasteiger partial charge in [-0.2, -0.15) is 0 Å². The maximum Gasteiger partial charge on any atom is 0.283 e. The Labute approximate surface area is 134 Å². The molecule has 5 heteroatoms. The first-order valence-corrected chi connectivity index (χ1v) is 8.45. The van der Waals surface area contributed by atoms with Gasteiger partial charge in [0.2, 0.25) is 0 Å². The zero-order valence-corrected chi connectivity index (χ0v) is 14.2. The third-order valence-corrected chi connectivity index (χ3v) is 5.40. The lowest BCUT2D eigenvalue weighted by Gasteiger charge is -2.35. The van der Waals surface area contributed by atoms with Gasteiger partial charge < -0.3 is 5.32 Å². The molecule has 0 saturated heterocycles. The first-order chi connectivity index (χ1) is 10.0. The molecule has 2 unspecified atom stereocenters. The van der Waals surface area contributed by atoms with Crippen LogP contribution in [0, 0.1) is 22.0 Å². The molecule has 1 fully saturated rings. The van der Waals surface area contributed by atoms with E-state index in [-0.39, 0.29) is 10.6 Å². The van der Waals surface area contributed by atoms with Crippen LogP contribution in [0.1, 0.15) is 45.1 Å². The van der Waals surface area contributed by atoms with E-state index in [4.69, 9.17) is 0 Å². The number of rotatable bonds is 5. The molecule has 1 aliphatic rings. The molecule has 0 amide bonds. The highest BCUT2D eigenvalue weighted by molar-refractivity contribution is 9.10. The maximum absolute atomic E-state index is 11.0. The number of nitro benzene ring substituents is 1. The average molecular weight is 355 g/mol. The van der Waals surface area contributed by atoms with E-state index in [1.807, 2.05) is 6.07 Å². The van der Waals surface area contributed by atoms with Gasteiger partial charge in [-0.15, -0.1) is 0 Å². The molecular formula is C16H23BrN2O2. The Balaban J connectivity index is 2.05. The van der Waals surface area contributed by atoms with E-state index >= 15 is 0 Å². The minimum Gasteiger partial charge on any atom is -0.310 e. The SMILES string of the molecule is CC(C)C1CCCCC1NCc1cccc([N+](=O)[O-])c1Br. The average Bonchev–Trinajstić information content (AvgIpc) is 2.46. The Morgan fingerprint density at radius 1 is 1.38 bits per heavy atom. The molecule has 0 spiro atoms. The Morgan fingerprint density at radius 2 is 2.10 bits per heavy atom. The highest BCUT2D eigenvalue weighted by Crippen LogP contribution is 2.32. The van der Waals surface area contributed by atoms with Crippen molar-refractivity contribution in [1.82, 2.24) is 5.32 Å². The molecule has 1 aliphatic carbocycles. The summed E-state index contributed by atoms with van der Waals surface area (Å²) in [5, 5.41) is 14.6. The van der Waals surface area contributed by atoms with E-state index in [0.717, 1.165) is 5.56 Å². The maximum atomic E-state index is 11.0. The molecule has 21 heavy (non-hydrogen) atoms. The molecule has 0 bridgehead atoms. The molecule has 116 valence electrons. The summed E-state index contributed by atoms with van der Waals surface area (Å²) in [7, 11) is 0. The largest absolute Gasteiger partial charge is 0.310 e. The molecular weight excluding hydrogens is 332 g/mol. The van der Waals surface area contributed by atoms with Crippen molar-refractivity contribution in [2.24, 2.45) is 11.8 Å².